The molecule has 28 heavy (non-hydrogen) atoms. The second-order valence-corrected chi connectivity index (χ2v) is 7.64. The van der Waals surface area contributed by atoms with Crippen molar-refractivity contribution in [3.8, 4) is 0 Å². The summed E-state index contributed by atoms with van der Waals surface area (Å²) in [6, 6.07) is 10.9. The molecule has 1 heterocycles. The Hall–Kier alpha value is -2.76. The van der Waals surface area contributed by atoms with Crippen LogP contribution >= 0.6 is 0 Å². The lowest BCUT2D eigenvalue weighted by Crippen LogP contribution is -2.46. The van der Waals surface area contributed by atoms with Crippen LogP contribution < -0.4 is 5.32 Å². The zero-order chi connectivity index (χ0) is 20.1. The average molecular weight is 383 g/mol. The van der Waals surface area contributed by atoms with Crippen molar-refractivity contribution in [2.24, 2.45) is 4.99 Å². The van der Waals surface area contributed by atoms with Gasteiger partial charge in [0.25, 0.3) is 0 Å². The molecule has 1 amide bonds. The number of fused-ring (bicyclic) bond motifs is 1. The highest BCUT2D eigenvalue weighted by molar-refractivity contribution is 5.85. The molecule has 1 N–H and O–H groups in total. The first kappa shape index (κ1) is 20.0. The molecule has 1 aromatic heterocycles. The molecular formula is C22H30N4O2. The van der Waals surface area contributed by atoms with E-state index in [-0.39, 0.29) is 12.5 Å². The van der Waals surface area contributed by atoms with Crippen molar-refractivity contribution in [1.29, 1.82) is 0 Å². The van der Waals surface area contributed by atoms with Crippen LogP contribution in [0.1, 0.15) is 28.9 Å². The van der Waals surface area contributed by atoms with Crippen LogP contribution in [0.25, 0.3) is 0 Å². The number of guanidine groups is 1. The average Bonchev–Trinajstić information content (AvgIpc) is 3.09. The summed E-state index contributed by atoms with van der Waals surface area (Å²) in [5.74, 6) is 1.64. The quantitative estimate of drug-likeness (QED) is 0.638. The third-order valence-corrected chi connectivity index (χ3v) is 5.28. The highest BCUT2D eigenvalue weighted by atomic mass is 16.3. The number of aryl methyl sites for hydroxylation is 2. The fourth-order valence-electron chi connectivity index (χ4n) is 3.47. The molecule has 0 bridgehead atoms. The summed E-state index contributed by atoms with van der Waals surface area (Å²) in [6.07, 6.45) is 4.78. The molecule has 6 heteroatoms. The van der Waals surface area contributed by atoms with Crippen LogP contribution in [0, 0.1) is 6.92 Å². The number of carbonyl (C=O) groups is 1. The first-order valence-electron chi connectivity index (χ1n) is 9.76. The van der Waals surface area contributed by atoms with Crippen molar-refractivity contribution in [1.82, 2.24) is 15.1 Å². The first-order chi connectivity index (χ1) is 13.4. The smallest absolute Gasteiger partial charge is 0.243 e. The van der Waals surface area contributed by atoms with Gasteiger partial charge in [0.05, 0.1) is 6.26 Å². The Bertz CT molecular complexity index is 841. The number of hydrogen-bond acceptors (Lipinski definition) is 3. The van der Waals surface area contributed by atoms with Crippen LogP contribution in [0.2, 0.25) is 0 Å². The predicted molar refractivity (Wildman–Crippen MR) is 111 cm³/mol. The van der Waals surface area contributed by atoms with E-state index in [0.29, 0.717) is 12.6 Å². The van der Waals surface area contributed by atoms with Crippen molar-refractivity contribution < 1.29 is 9.21 Å². The molecule has 0 fully saturated rings. The van der Waals surface area contributed by atoms with E-state index in [1.165, 1.54) is 11.1 Å². The normalized spacial score (nSPS) is 16.4. The highest BCUT2D eigenvalue weighted by Gasteiger charge is 2.21. The molecule has 0 radical (unpaired) electrons. The maximum atomic E-state index is 12.1. The fraction of sp³-hybridized carbons (Fsp3) is 0.455. The molecule has 1 aliphatic carbocycles. The second-order valence-electron chi connectivity index (χ2n) is 7.64. The Morgan fingerprint density at radius 3 is 2.64 bits per heavy atom. The molecular weight excluding hydrogens is 352 g/mol. The number of likely N-dealkylation sites (N-methyl/N-ethyl adjacent to an activating group) is 1. The number of benzene rings is 1. The number of amides is 1. The van der Waals surface area contributed by atoms with E-state index in [2.05, 4.69) is 39.5 Å². The van der Waals surface area contributed by atoms with Gasteiger partial charge in [-0.25, -0.2) is 4.99 Å². The van der Waals surface area contributed by atoms with Gasteiger partial charge in [0.2, 0.25) is 5.91 Å². The molecule has 6 nitrogen and oxygen atoms in total. The van der Waals surface area contributed by atoms with Gasteiger partial charge in [-0.2, -0.15) is 0 Å². The SMILES string of the molecule is Cc1occc1CN(C)C(=NCC(=O)N(C)C)NC1CCc2ccccc2C1. The van der Waals surface area contributed by atoms with E-state index in [4.69, 9.17) is 4.42 Å². The van der Waals surface area contributed by atoms with Crippen molar-refractivity contribution >= 4 is 11.9 Å². The lowest BCUT2D eigenvalue weighted by atomic mass is 9.88. The largest absolute Gasteiger partial charge is 0.469 e. The van der Waals surface area contributed by atoms with Gasteiger partial charge in [-0.05, 0) is 43.4 Å². The number of furan rings is 1. The van der Waals surface area contributed by atoms with Crippen molar-refractivity contribution in [2.45, 2.75) is 38.8 Å². The number of rotatable bonds is 5. The van der Waals surface area contributed by atoms with Gasteiger partial charge in [-0.15, -0.1) is 0 Å². The van der Waals surface area contributed by atoms with E-state index < -0.39 is 0 Å². The van der Waals surface area contributed by atoms with E-state index in [9.17, 15) is 4.79 Å². The Labute approximate surface area is 167 Å². The molecule has 1 atom stereocenters. The summed E-state index contributed by atoms with van der Waals surface area (Å²) in [4.78, 5) is 20.3. The van der Waals surface area contributed by atoms with Crippen LogP contribution in [-0.2, 0) is 24.2 Å². The lowest BCUT2D eigenvalue weighted by Gasteiger charge is -2.30. The standard InChI is InChI=1S/C22H30N4O2/c1-16-19(11-12-28-16)15-26(4)22(23-14-21(27)25(2)3)24-20-10-9-17-7-5-6-8-18(17)13-20/h5-8,11-12,20H,9-10,13-15H2,1-4H3,(H,23,24). The maximum absolute atomic E-state index is 12.1. The summed E-state index contributed by atoms with van der Waals surface area (Å²) >= 11 is 0. The van der Waals surface area contributed by atoms with E-state index in [1.807, 2.05) is 20.0 Å². The molecule has 1 aliphatic rings. The van der Waals surface area contributed by atoms with Gasteiger partial charge < -0.3 is 19.5 Å². The summed E-state index contributed by atoms with van der Waals surface area (Å²) < 4.78 is 5.42. The van der Waals surface area contributed by atoms with Crippen molar-refractivity contribution in [2.75, 3.05) is 27.7 Å². The minimum Gasteiger partial charge on any atom is -0.469 e. The highest BCUT2D eigenvalue weighted by Crippen LogP contribution is 2.21. The molecule has 0 saturated carbocycles. The molecule has 0 saturated heterocycles. The summed E-state index contributed by atoms with van der Waals surface area (Å²) in [5, 5.41) is 3.60. The van der Waals surface area contributed by atoms with Gasteiger partial charge >= 0.3 is 0 Å². The Kier molecular flexibility index (Phi) is 6.39. The minimum atomic E-state index is -0.0128. The number of hydrogen-bond donors (Lipinski definition) is 1. The van der Waals surface area contributed by atoms with E-state index in [1.54, 1.807) is 25.3 Å². The molecule has 3 rings (SSSR count). The molecule has 0 spiro atoms. The zero-order valence-corrected chi connectivity index (χ0v) is 17.2. The van der Waals surface area contributed by atoms with Gasteiger partial charge in [0, 0.05) is 39.3 Å². The number of nitrogens with zero attached hydrogens (tertiary/aromatic N) is 3. The van der Waals surface area contributed by atoms with Crippen LogP contribution in [0.15, 0.2) is 46.0 Å². The molecule has 2 aromatic rings. The van der Waals surface area contributed by atoms with E-state index in [0.717, 1.165) is 36.5 Å². The van der Waals surface area contributed by atoms with Gasteiger partial charge in [-0.1, -0.05) is 24.3 Å². The fourth-order valence-corrected chi connectivity index (χ4v) is 3.47. The number of aliphatic imine (C=N–C) groups is 1. The zero-order valence-electron chi connectivity index (χ0n) is 17.2. The number of carbonyl (C=O) groups excluding carboxylic acids is 1. The van der Waals surface area contributed by atoms with Crippen molar-refractivity contribution in [3.63, 3.8) is 0 Å². The summed E-state index contributed by atoms with van der Waals surface area (Å²) in [6.45, 7) is 2.77. The van der Waals surface area contributed by atoms with Gasteiger partial charge in [-0.3, -0.25) is 4.79 Å². The second kappa shape index (κ2) is 8.95. The maximum Gasteiger partial charge on any atom is 0.243 e. The third kappa shape index (κ3) is 4.94. The molecule has 1 unspecified atom stereocenters. The monoisotopic (exact) mass is 382 g/mol. The van der Waals surface area contributed by atoms with Gasteiger partial charge in [0.1, 0.15) is 12.3 Å². The summed E-state index contributed by atoms with van der Waals surface area (Å²) in [7, 11) is 5.50. The number of nitrogens with one attached hydrogen (secondary N) is 1. The van der Waals surface area contributed by atoms with Crippen LogP contribution in [-0.4, -0.2) is 55.4 Å². The summed E-state index contributed by atoms with van der Waals surface area (Å²) in [5.41, 5.74) is 3.94. The molecule has 1 aromatic carbocycles. The molecule has 150 valence electrons. The Morgan fingerprint density at radius 2 is 1.96 bits per heavy atom. The Morgan fingerprint density at radius 1 is 1.21 bits per heavy atom. The topological polar surface area (TPSA) is 61.1 Å². The van der Waals surface area contributed by atoms with Crippen LogP contribution in [0.5, 0.6) is 0 Å². The van der Waals surface area contributed by atoms with E-state index >= 15 is 0 Å². The molecule has 0 aliphatic heterocycles. The predicted octanol–water partition coefficient (Wildman–Crippen LogP) is 2.61. The van der Waals surface area contributed by atoms with Crippen LogP contribution in [0.4, 0.5) is 0 Å². The third-order valence-electron chi connectivity index (χ3n) is 5.28. The van der Waals surface area contributed by atoms with Gasteiger partial charge in [0.15, 0.2) is 5.96 Å². The minimum absolute atomic E-state index is 0.0128. The van der Waals surface area contributed by atoms with Crippen molar-refractivity contribution in [3.05, 3.63) is 59.0 Å². The lowest BCUT2D eigenvalue weighted by molar-refractivity contribution is -0.127. The first-order valence-corrected chi connectivity index (χ1v) is 9.76. The Balaban J connectivity index is 1.73. The van der Waals surface area contributed by atoms with Crippen LogP contribution in [0.3, 0.4) is 0 Å².